The van der Waals surface area contributed by atoms with Crippen LogP contribution in [0.3, 0.4) is 0 Å². The molecule has 1 amide bonds. The Balaban J connectivity index is 2.41. The van der Waals surface area contributed by atoms with Crippen LogP contribution in [0.2, 0.25) is 0 Å². The Morgan fingerprint density at radius 2 is 1.88 bits per heavy atom. The second kappa shape index (κ2) is 7.00. The Morgan fingerprint density at radius 3 is 2.35 bits per heavy atom. The second-order valence-corrected chi connectivity index (χ2v) is 5.67. The minimum Gasteiger partial charge on any atom is -0.340 e. The van der Waals surface area contributed by atoms with Gasteiger partial charge < -0.3 is 10.6 Å². The summed E-state index contributed by atoms with van der Waals surface area (Å²) in [4.78, 5) is 14.2. The summed E-state index contributed by atoms with van der Waals surface area (Å²) >= 11 is 0. The highest BCUT2D eigenvalue weighted by Gasteiger charge is 2.24. The summed E-state index contributed by atoms with van der Waals surface area (Å²) in [5.41, 5.74) is 5.89. The van der Waals surface area contributed by atoms with Crippen LogP contribution in [0.1, 0.15) is 59.3 Å². The van der Waals surface area contributed by atoms with Crippen molar-refractivity contribution in [3.63, 3.8) is 0 Å². The number of nitrogens with zero attached hydrogens (tertiary/aromatic N) is 1. The molecule has 1 rings (SSSR count). The molecule has 0 heterocycles. The van der Waals surface area contributed by atoms with Gasteiger partial charge in [0.25, 0.3) is 0 Å². The van der Waals surface area contributed by atoms with Gasteiger partial charge >= 0.3 is 0 Å². The molecule has 3 nitrogen and oxygen atoms in total. The van der Waals surface area contributed by atoms with Gasteiger partial charge in [-0.2, -0.15) is 0 Å². The molecule has 17 heavy (non-hydrogen) atoms. The summed E-state index contributed by atoms with van der Waals surface area (Å²) in [6.07, 6.45) is 6.21. The van der Waals surface area contributed by atoms with E-state index in [1.54, 1.807) is 0 Å². The Morgan fingerprint density at radius 1 is 1.29 bits per heavy atom. The molecule has 1 saturated carbocycles. The monoisotopic (exact) mass is 240 g/mol. The van der Waals surface area contributed by atoms with Gasteiger partial charge in [-0.25, -0.2) is 0 Å². The van der Waals surface area contributed by atoms with Crippen molar-refractivity contribution in [3.8, 4) is 0 Å². The Labute approximate surface area is 106 Å². The van der Waals surface area contributed by atoms with Crippen molar-refractivity contribution in [2.24, 2.45) is 11.7 Å². The second-order valence-electron chi connectivity index (χ2n) is 5.67. The lowest BCUT2D eigenvalue weighted by molar-refractivity contribution is -0.134. The maximum Gasteiger partial charge on any atom is 0.223 e. The molecule has 0 radical (unpaired) electrons. The van der Waals surface area contributed by atoms with Crippen LogP contribution in [-0.2, 0) is 4.79 Å². The van der Waals surface area contributed by atoms with Crippen LogP contribution in [0.5, 0.6) is 0 Å². The smallest absolute Gasteiger partial charge is 0.223 e. The lowest BCUT2D eigenvalue weighted by atomic mass is 9.84. The zero-order valence-electron chi connectivity index (χ0n) is 11.6. The number of hydrogen-bond donors (Lipinski definition) is 1. The van der Waals surface area contributed by atoms with Crippen LogP contribution in [0.4, 0.5) is 0 Å². The molecule has 1 aliphatic rings. The van der Waals surface area contributed by atoms with Crippen molar-refractivity contribution >= 4 is 5.91 Å². The van der Waals surface area contributed by atoms with E-state index < -0.39 is 0 Å². The molecule has 0 saturated heterocycles. The van der Waals surface area contributed by atoms with Crippen molar-refractivity contribution in [2.45, 2.75) is 71.4 Å². The minimum atomic E-state index is 0.327. The zero-order valence-corrected chi connectivity index (χ0v) is 11.6. The minimum absolute atomic E-state index is 0.327. The largest absolute Gasteiger partial charge is 0.340 e. The van der Waals surface area contributed by atoms with Crippen LogP contribution in [0, 0.1) is 5.92 Å². The molecule has 100 valence electrons. The van der Waals surface area contributed by atoms with Crippen molar-refractivity contribution in [2.75, 3.05) is 6.54 Å². The summed E-state index contributed by atoms with van der Waals surface area (Å²) in [6.45, 7) is 7.22. The van der Waals surface area contributed by atoms with E-state index in [1.807, 2.05) is 4.90 Å². The molecular weight excluding hydrogens is 212 g/mol. The van der Waals surface area contributed by atoms with E-state index in [-0.39, 0.29) is 0 Å². The summed E-state index contributed by atoms with van der Waals surface area (Å²) < 4.78 is 0. The average molecular weight is 240 g/mol. The third kappa shape index (κ3) is 4.66. The fourth-order valence-electron chi connectivity index (χ4n) is 2.67. The molecule has 0 unspecified atom stereocenters. The first-order chi connectivity index (χ1) is 8.04. The normalized spacial score (nSPS) is 25.0. The predicted octanol–water partition coefficient (Wildman–Crippen LogP) is 2.54. The highest BCUT2D eigenvalue weighted by atomic mass is 16.2. The van der Waals surface area contributed by atoms with E-state index in [9.17, 15) is 4.79 Å². The fourth-order valence-corrected chi connectivity index (χ4v) is 2.67. The van der Waals surface area contributed by atoms with Gasteiger partial charge in [-0.05, 0) is 51.9 Å². The molecule has 2 N–H and O–H groups in total. The van der Waals surface area contributed by atoms with Crippen LogP contribution in [0.15, 0.2) is 0 Å². The van der Waals surface area contributed by atoms with Crippen molar-refractivity contribution < 1.29 is 4.79 Å². The summed E-state index contributed by atoms with van der Waals surface area (Å²) in [5.74, 6) is 0.905. The topological polar surface area (TPSA) is 46.3 Å². The molecule has 0 spiro atoms. The van der Waals surface area contributed by atoms with Gasteiger partial charge in [0.1, 0.15) is 0 Å². The van der Waals surface area contributed by atoms with Gasteiger partial charge in [0.15, 0.2) is 0 Å². The van der Waals surface area contributed by atoms with Gasteiger partial charge in [-0.15, -0.1) is 0 Å². The number of rotatable bonds is 5. The molecule has 0 aromatic carbocycles. The first-order valence-corrected chi connectivity index (χ1v) is 7.09. The quantitative estimate of drug-likeness (QED) is 0.802. The molecular formula is C14H28N2O. The number of carbonyl (C=O) groups excluding carboxylic acids is 1. The van der Waals surface area contributed by atoms with E-state index in [2.05, 4.69) is 20.8 Å². The van der Waals surface area contributed by atoms with Crippen LogP contribution in [0.25, 0.3) is 0 Å². The molecule has 1 fully saturated rings. The Bertz CT molecular complexity index is 232. The third-order valence-corrected chi connectivity index (χ3v) is 3.76. The maximum atomic E-state index is 12.2. The molecule has 0 aliphatic heterocycles. The number of carbonyl (C=O) groups is 1. The standard InChI is InChI=1S/C14H28N2O/c1-4-9-16(11(2)3)14(17)10-12-5-7-13(15)8-6-12/h11-13H,4-10,15H2,1-3H3. The SMILES string of the molecule is CCCN(C(=O)CC1CCC(N)CC1)C(C)C. The van der Waals surface area contributed by atoms with Gasteiger partial charge in [0.05, 0.1) is 0 Å². The van der Waals surface area contributed by atoms with Crippen LogP contribution < -0.4 is 5.73 Å². The maximum absolute atomic E-state index is 12.2. The number of nitrogens with two attached hydrogens (primary N) is 1. The predicted molar refractivity (Wildman–Crippen MR) is 71.7 cm³/mol. The molecule has 0 bridgehead atoms. The van der Waals surface area contributed by atoms with E-state index in [0.29, 0.717) is 23.9 Å². The lowest BCUT2D eigenvalue weighted by Gasteiger charge is -2.30. The van der Waals surface area contributed by atoms with E-state index in [4.69, 9.17) is 5.73 Å². The molecule has 0 aromatic rings. The summed E-state index contributed by atoms with van der Waals surface area (Å²) in [6, 6.07) is 0.700. The summed E-state index contributed by atoms with van der Waals surface area (Å²) in [5, 5.41) is 0. The van der Waals surface area contributed by atoms with Crippen LogP contribution in [-0.4, -0.2) is 29.4 Å². The Kier molecular flexibility index (Phi) is 5.96. The first-order valence-electron chi connectivity index (χ1n) is 7.09. The van der Waals surface area contributed by atoms with Gasteiger partial charge in [-0.1, -0.05) is 6.92 Å². The number of amides is 1. The summed E-state index contributed by atoms with van der Waals surface area (Å²) in [7, 11) is 0. The third-order valence-electron chi connectivity index (χ3n) is 3.76. The van der Waals surface area contributed by atoms with E-state index in [0.717, 1.165) is 45.1 Å². The highest BCUT2D eigenvalue weighted by molar-refractivity contribution is 5.76. The molecule has 1 aliphatic carbocycles. The fraction of sp³-hybridized carbons (Fsp3) is 0.929. The van der Waals surface area contributed by atoms with Gasteiger partial charge in [0, 0.05) is 25.0 Å². The van der Waals surface area contributed by atoms with Crippen molar-refractivity contribution in [1.29, 1.82) is 0 Å². The zero-order chi connectivity index (χ0) is 12.8. The first kappa shape index (κ1) is 14.5. The van der Waals surface area contributed by atoms with Crippen LogP contribution >= 0.6 is 0 Å². The highest BCUT2D eigenvalue weighted by Crippen LogP contribution is 2.26. The molecule has 0 aromatic heterocycles. The van der Waals surface area contributed by atoms with Crippen molar-refractivity contribution in [1.82, 2.24) is 4.90 Å². The van der Waals surface area contributed by atoms with E-state index in [1.165, 1.54) is 0 Å². The number of hydrogen-bond acceptors (Lipinski definition) is 2. The molecule has 3 heteroatoms. The Hall–Kier alpha value is -0.570. The van der Waals surface area contributed by atoms with E-state index >= 15 is 0 Å². The molecule has 0 atom stereocenters. The van der Waals surface area contributed by atoms with Crippen molar-refractivity contribution in [3.05, 3.63) is 0 Å². The average Bonchev–Trinajstić information content (AvgIpc) is 2.28. The van der Waals surface area contributed by atoms with Gasteiger partial charge in [-0.3, -0.25) is 4.79 Å². The van der Waals surface area contributed by atoms with Gasteiger partial charge in [0.2, 0.25) is 5.91 Å². The lowest BCUT2D eigenvalue weighted by Crippen LogP contribution is -2.39.